The predicted molar refractivity (Wildman–Crippen MR) is 247 cm³/mol. The number of benzene rings is 9. The Kier molecular flexibility index (Phi) is 8.20. The summed E-state index contributed by atoms with van der Waals surface area (Å²) in [7, 11) is 0. The zero-order valence-electron chi connectivity index (χ0n) is 33.0. The van der Waals surface area contributed by atoms with Gasteiger partial charge in [-0.1, -0.05) is 202 Å². The summed E-state index contributed by atoms with van der Waals surface area (Å²) in [4.78, 5) is 10.7. The van der Waals surface area contributed by atoms with Gasteiger partial charge in [0, 0.05) is 22.1 Å². The largest absolute Gasteiger partial charge is 0.228 e. The lowest BCUT2D eigenvalue weighted by Gasteiger charge is -2.25. The fourth-order valence-corrected chi connectivity index (χ4v) is 9.51. The smallest absolute Gasteiger partial charge is 0.161 e. The Balaban J connectivity index is 1.10. The first kappa shape index (κ1) is 34.8. The fourth-order valence-electron chi connectivity index (χ4n) is 9.51. The van der Waals surface area contributed by atoms with Crippen LogP contribution in [0.15, 0.2) is 206 Å². The highest BCUT2D eigenvalue weighted by Crippen LogP contribution is 2.55. The van der Waals surface area contributed by atoms with Crippen molar-refractivity contribution in [3.63, 3.8) is 0 Å². The van der Waals surface area contributed by atoms with Gasteiger partial charge in [-0.25, -0.2) is 9.97 Å². The predicted octanol–water partition coefficient (Wildman–Crippen LogP) is 15.1. The number of hydrogen-bond acceptors (Lipinski definition) is 2. The zero-order chi connectivity index (χ0) is 39.5. The molecule has 0 amide bonds. The first-order valence-electron chi connectivity index (χ1n) is 20.4. The maximum absolute atomic E-state index is 5.41. The summed E-state index contributed by atoms with van der Waals surface area (Å²) in [6, 6.07) is 74.2. The third-order valence-electron chi connectivity index (χ3n) is 12.3. The molecule has 0 fully saturated rings. The van der Waals surface area contributed by atoms with Crippen LogP contribution in [-0.2, 0) is 5.41 Å². The van der Waals surface area contributed by atoms with Crippen LogP contribution in [0.25, 0.3) is 100.0 Å². The summed E-state index contributed by atoms with van der Waals surface area (Å²) < 4.78 is 0. The van der Waals surface area contributed by atoms with E-state index in [0.29, 0.717) is 5.82 Å². The molecule has 1 aliphatic rings. The van der Waals surface area contributed by atoms with Crippen LogP contribution in [0.5, 0.6) is 0 Å². The molecule has 1 aliphatic carbocycles. The van der Waals surface area contributed by atoms with E-state index in [1.165, 1.54) is 71.8 Å². The minimum Gasteiger partial charge on any atom is -0.228 e. The van der Waals surface area contributed by atoms with Crippen molar-refractivity contribution in [1.82, 2.24) is 9.97 Å². The number of rotatable bonds is 6. The van der Waals surface area contributed by atoms with Crippen molar-refractivity contribution < 1.29 is 0 Å². The van der Waals surface area contributed by atoms with Crippen molar-refractivity contribution in [3.05, 3.63) is 217 Å². The Morgan fingerprint density at radius 2 is 0.881 bits per heavy atom. The Morgan fingerprint density at radius 3 is 1.59 bits per heavy atom. The van der Waals surface area contributed by atoms with E-state index in [4.69, 9.17) is 9.97 Å². The van der Waals surface area contributed by atoms with Crippen molar-refractivity contribution in [2.45, 2.75) is 19.3 Å². The zero-order valence-corrected chi connectivity index (χ0v) is 33.0. The average molecular weight is 753 g/mol. The highest BCUT2D eigenvalue weighted by atomic mass is 14.9. The normalized spacial score (nSPS) is 12.7. The molecule has 10 aromatic rings. The van der Waals surface area contributed by atoms with Crippen LogP contribution >= 0.6 is 0 Å². The lowest BCUT2D eigenvalue weighted by atomic mass is 9.78. The van der Waals surface area contributed by atoms with E-state index in [0.717, 1.165) is 33.5 Å². The highest BCUT2D eigenvalue weighted by Gasteiger charge is 2.38. The molecule has 2 nitrogen and oxygen atoms in total. The third-order valence-corrected chi connectivity index (χ3v) is 12.3. The summed E-state index contributed by atoms with van der Waals surface area (Å²) in [5.41, 5.74) is 17.3. The molecule has 0 N–H and O–H groups in total. The van der Waals surface area contributed by atoms with Gasteiger partial charge in [0.2, 0.25) is 0 Å². The van der Waals surface area contributed by atoms with Gasteiger partial charge in [0.15, 0.2) is 5.82 Å². The summed E-state index contributed by atoms with van der Waals surface area (Å²) in [5, 5.41) is 4.90. The van der Waals surface area contributed by atoms with Gasteiger partial charge >= 0.3 is 0 Å². The topological polar surface area (TPSA) is 25.8 Å². The van der Waals surface area contributed by atoms with E-state index in [9.17, 15) is 0 Å². The van der Waals surface area contributed by atoms with Gasteiger partial charge in [-0.3, -0.25) is 0 Å². The molecule has 2 heteroatoms. The second-order valence-electron chi connectivity index (χ2n) is 16.1. The Morgan fingerprint density at radius 1 is 0.339 bits per heavy atom. The van der Waals surface area contributed by atoms with E-state index in [1.807, 2.05) is 0 Å². The highest BCUT2D eigenvalue weighted by molar-refractivity contribution is 6.08. The molecule has 1 heterocycles. The quantitative estimate of drug-likeness (QED) is 0.169. The Hall–Kier alpha value is -7.42. The first-order valence-corrected chi connectivity index (χ1v) is 20.4. The third kappa shape index (κ3) is 5.79. The molecule has 0 saturated heterocycles. The summed E-state index contributed by atoms with van der Waals surface area (Å²) in [6.45, 7) is 4.76. The van der Waals surface area contributed by atoms with E-state index in [1.54, 1.807) is 0 Å². The fraction of sp³-hybridized carbons (Fsp3) is 0.0526. The first-order chi connectivity index (χ1) is 29.0. The van der Waals surface area contributed by atoms with Crippen molar-refractivity contribution in [1.29, 1.82) is 0 Å². The van der Waals surface area contributed by atoms with E-state index in [2.05, 4.69) is 220 Å². The lowest BCUT2D eigenvalue weighted by Crippen LogP contribution is -2.16. The molecule has 0 radical (unpaired) electrons. The number of nitrogens with zero attached hydrogens (tertiary/aromatic N) is 2. The van der Waals surface area contributed by atoms with E-state index < -0.39 is 0 Å². The molecule has 0 unspecified atom stereocenters. The molecule has 11 rings (SSSR count). The molecule has 0 saturated carbocycles. The molecule has 0 atom stereocenters. The van der Waals surface area contributed by atoms with Crippen LogP contribution in [0.1, 0.15) is 25.0 Å². The van der Waals surface area contributed by atoms with Crippen LogP contribution < -0.4 is 0 Å². The average Bonchev–Trinajstić information content (AvgIpc) is 3.55. The van der Waals surface area contributed by atoms with E-state index >= 15 is 0 Å². The molecular formula is C57H40N2. The molecule has 59 heavy (non-hydrogen) atoms. The summed E-state index contributed by atoms with van der Waals surface area (Å²) in [6.07, 6.45) is 0. The van der Waals surface area contributed by atoms with Crippen LogP contribution in [-0.4, -0.2) is 9.97 Å². The van der Waals surface area contributed by atoms with Crippen molar-refractivity contribution in [3.8, 4) is 78.4 Å². The molecule has 1 aromatic heterocycles. The van der Waals surface area contributed by atoms with Gasteiger partial charge in [0.05, 0.1) is 11.4 Å². The van der Waals surface area contributed by atoms with Crippen molar-refractivity contribution in [2.75, 3.05) is 0 Å². The van der Waals surface area contributed by atoms with Gasteiger partial charge < -0.3 is 0 Å². The van der Waals surface area contributed by atoms with Crippen molar-refractivity contribution >= 4 is 21.5 Å². The van der Waals surface area contributed by atoms with Crippen LogP contribution in [0, 0.1) is 0 Å². The Bertz CT molecular complexity index is 3220. The minimum absolute atomic E-state index is 0.179. The van der Waals surface area contributed by atoms with Crippen LogP contribution in [0.3, 0.4) is 0 Å². The maximum Gasteiger partial charge on any atom is 0.161 e. The van der Waals surface area contributed by atoms with Gasteiger partial charge in [-0.05, 0) is 95.4 Å². The summed E-state index contributed by atoms with van der Waals surface area (Å²) >= 11 is 0. The second-order valence-corrected chi connectivity index (χ2v) is 16.1. The molecule has 9 aromatic carbocycles. The van der Waals surface area contributed by atoms with Gasteiger partial charge in [0.1, 0.15) is 0 Å². The number of aromatic nitrogens is 2. The Labute approximate surface area is 345 Å². The van der Waals surface area contributed by atoms with Gasteiger partial charge in [-0.15, -0.1) is 0 Å². The van der Waals surface area contributed by atoms with Gasteiger partial charge in [0.25, 0.3) is 0 Å². The lowest BCUT2D eigenvalue weighted by molar-refractivity contribution is 0.662. The van der Waals surface area contributed by atoms with Crippen molar-refractivity contribution in [2.24, 2.45) is 0 Å². The monoisotopic (exact) mass is 752 g/mol. The molecule has 0 spiro atoms. The van der Waals surface area contributed by atoms with Crippen LogP contribution in [0.2, 0.25) is 0 Å². The van der Waals surface area contributed by atoms with Gasteiger partial charge in [-0.2, -0.15) is 0 Å². The summed E-state index contributed by atoms with van der Waals surface area (Å²) in [5.74, 6) is 0.704. The molecule has 0 aliphatic heterocycles. The minimum atomic E-state index is -0.179. The molecule has 278 valence electrons. The molecular weight excluding hydrogens is 713 g/mol. The van der Waals surface area contributed by atoms with E-state index in [-0.39, 0.29) is 5.41 Å². The second kappa shape index (κ2) is 13.9. The standard InChI is InChI=1S/C57H40N2/c1-57(2)51-34-30-39-21-12-13-24-43(39)54(51)49-28-16-27-47(55(49)57)46-32-33-48(45-26-15-14-25-44(45)46)56-58-52(40-22-10-5-11-23-40)36-53(59-56)41-29-31-42(37-17-6-3-7-18-37)50(35-41)38-19-8-4-9-20-38/h3-36H,1-2H3. The SMILES string of the molecule is CC1(C)c2ccc3ccccc3c2-c2cccc(-c3ccc(-c4nc(-c5ccccc5)cc(-c5ccc(-c6ccccc6)c(-c6ccccc6)c5)n4)c4ccccc34)c21. The maximum atomic E-state index is 5.41. The molecule has 0 bridgehead atoms. The number of fused-ring (bicyclic) bond motifs is 6. The number of hydrogen-bond donors (Lipinski definition) is 0. The van der Waals surface area contributed by atoms with Crippen LogP contribution in [0.4, 0.5) is 0 Å².